The lowest BCUT2D eigenvalue weighted by Crippen LogP contribution is -2.72. The van der Waals surface area contributed by atoms with Gasteiger partial charge in [0, 0.05) is 38.5 Å². The maximum absolute atomic E-state index is 14.6. The first-order valence-electron chi connectivity index (χ1n) is 20.1. The molecule has 52 heavy (non-hydrogen) atoms. The number of ether oxygens (including phenoxy) is 4. The summed E-state index contributed by atoms with van der Waals surface area (Å²) in [5, 5.41) is 34.0. The largest absolute Gasteiger partial charge is 0.463 e. The molecule has 0 amide bonds. The molecule has 0 aromatic heterocycles. The minimum absolute atomic E-state index is 0.0113. The van der Waals surface area contributed by atoms with Crippen molar-refractivity contribution in [1.29, 1.82) is 0 Å². The predicted molar refractivity (Wildman–Crippen MR) is 187 cm³/mol. The van der Waals surface area contributed by atoms with Gasteiger partial charge in [0.1, 0.15) is 11.2 Å². The number of hydrogen-bond acceptors (Lipinski definition) is 11. The van der Waals surface area contributed by atoms with Crippen LogP contribution in [0.3, 0.4) is 0 Å². The average Bonchev–Trinajstić information content (AvgIpc) is 3.00. The summed E-state index contributed by atoms with van der Waals surface area (Å²) in [4.78, 5) is 55.9. The molecule has 9 rings (SSSR count). The molecule has 0 aromatic carbocycles. The lowest BCUT2D eigenvalue weighted by atomic mass is 9.48. The van der Waals surface area contributed by atoms with E-state index in [-0.39, 0.29) is 63.9 Å². The molecular weight excluding hydrogens is 668 g/mol. The van der Waals surface area contributed by atoms with Gasteiger partial charge in [-0.25, -0.2) is 4.79 Å². The average molecular weight is 731 g/mol. The summed E-state index contributed by atoms with van der Waals surface area (Å²) in [7, 11) is 0. The highest BCUT2D eigenvalue weighted by atomic mass is 16.6. The van der Waals surface area contributed by atoms with Gasteiger partial charge in [0.2, 0.25) is 0 Å². The molecule has 0 radical (unpaired) electrons. The van der Waals surface area contributed by atoms with Crippen LogP contribution in [0.5, 0.6) is 0 Å². The Morgan fingerprint density at radius 3 is 1.75 bits per heavy atom. The van der Waals surface area contributed by atoms with Crippen LogP contribution in [0.4, 0.5) is 0 Å². The second-order valence-corrected chi connectivity index (χ2v) is 20.2. The summed E-state index contributed by atoms with van der Waals surface area (Å²) in [6, 6.07) is 0. The molecule has 8 aliphatic carbocycles. The smallest absolute Gasteiger partial charge is 0.347 e. The highest BCUT2D eigenvalue weighted by Crippen LogP contribution is 2.63. The van der Waals surface area contributed by atoms with Crippen molar-refractivity contribution in [3.63, 3.8) is 0 Å². The number of carbonyl (C=O) groups excluding carboxylic acids is 4. The van der Waals surface area contributed by atoms with Crippen molar-refractivity contribution >= 4 is 23.9 Å². The van der Waals surface area contributed by atoms with E-state index in [4.69, 9.17) is 18.9 Å². The summed E-state index contributed by atoms with van der Waals surface area (Å²) in [6.07, 6.45) is 7.15. The van der Waals surface area contributed by atoms with Crippen LogP contribution in [0.1, 0.15) is 151 Å². The van der Waals surface area contributed by atoms with Crippen LogP contribution in [-0.4, -0.2) is 79.9 Å². The highest BCUT2D eigenvalue weighted by Gasteiger charge is 2.70. The standard InChI is InChI=1S/C41H62O11/c1-7-35(5,33(45)52-41(8-2)27-13-25-12-26(15-27)16-28(41)14-25)18-36(6,32(44)50-29-10-9-11-49-30(29)42)17-34(3,4)31(43)51-40-22-37(46)19-38(47,23-40)21-39(48,20-37)24-40/h25-29,46-48H,7-24H2,1-6H3. The molecule has 3 atom stereocenters. The molecule has 8 bridgehead atoms. The normalized spacial score (nSPS) is 44.0. The molecule has 11 nitrogen and oxygen atoms in total. The predicted octanol–water partition coefficient (Wildman–Crippen LogP) is 5.47. The molecular formula is C41H62O11. The van der Waals surface area contributed by atoms with Gasteiger partial charge in [-0.05, 0) is 122 Å². The van der Waals surface area contributed by atoms with Crippen LogP contribution >= 0.6 is 0 Å². The Hall–Kier alpha value is -2.24. The Bertz CT molecular complexity index is 1400. The first-order valence-corrected chi connectivity index (χ1v) is 20.1. The number of cyclic esters (lactones) is 1. The zero-order chi connectivity index (χ0) is 37.8. The maximum atomic E-state index is 14.6. The third kappa shape index (κ3) is 6.50. The molecule has 0 aromatic rings. The van der Waals surface area contributed by atoms with Gasteiger partial charge in [-0.2, -0.15) is 0 Å². The highest BCUT2D eigenvalue weighted by molar-refractivity contribution is 5.85. The molecule has 3 unspecified atom stereocenters. The lowest BCUT2D eigenvalue weighted by molar-refractivity contribution is -0.303. The second kappa shape index (κ2) is 12.4. The Morgan fingerprint density at radius 1 is 0.731 bits per heavy atom. The number of esters is 4. The fourth-order valence-electron chi connectivity index (χ4n) is 13.4. The maximum Gasteiger partial charge on any atom is 0.347 e. The minimum Gasteiger partial charge on any atom is -0.463 e. The van der Waals surface area contributed by atoms with Gasteiger partial charge in [-0.3, -0.25) is 14.4 Å². The number of aliphatic hydroxyl groups is 3. The van der Waals surface area contributed by atoms with Crippen molar-refractivity contribution < 1.29 is 53.4 Å². The molecule has 9 aliphatic rings. The van der Waals surface area contributed by atoms with E-state index in [0.29, 0.717) is 42.9 Å². The van der Waals surface area contributed by atoms with E-state index in [1.165, 1.54) is 6.42 Å². The third-order valence-corrected chi connectivity index (χ3v) is 14.9. The van der Waals surface area contributed by atoms with Crippen LogP contribution in [0.15, 0.2) is 0 Å². The molecule has 1 saturated heterocycles. The molecule has 1 aliphatic heterocycles. The molecule has 1 heterocycles. The van der Waals surface area contributed by atoms with E-state index < -0.39 is 68.3 Å². The summed E-state index contributed by atoms with van der Waals surface area (Å²) in [5.74, 6) is -0.211. The molecule has 9 fully saturated rings. The van der Waals surface area contributed by atoms with Crippen molar-refractivity contribution in [2.24, 2.45) is 39.9 Å². The summed E-state index contributed by atoms with van der Waals surface area (Å²) in [6.45, 7) is 11.2. The Kier molecular flexibility index (Phi) is 9.06. The van der Waals surface area contributed by atoms with E-state index in [1.54, 1.807) is 20.8 Å². The van der Waals surface area contributed by atoms with Crippen LogP contribution in [0, 0.1) is 39.9 Å². The second-order valence-electron chi connectivity index (χ2n) is 20.2. The number of carbonyl (C=O) groups is 4. The van der Waals surface area contributed by atoms with Crippen LogP contribution in [0.25, 0.3) is 0 Å². The minimum atomic E-state index is -1.44. The quantitative estimate of drug-likeness (QED) is 0.172. The topological polar surface area (TPSA) is 166 Å². The van der Waals surface area contributed by atoms with E-state index in [0.717, 1.165) is 32.1 Å². The van der Waals surface area contributed by atoms with Crippen LogP contribution < -0.4 is 0 Å². The zero-order valence-electron chi connectivity index (χ0n) is 32.2. The Morgan fingerprint density at radius 2 is 1.27 bits per heavy atom. The lowest BCUT2D eigenvalue weighted by Gasteiger charge is -2.65. The van der Waals surface area contributed by atoms with Crippen molar-refractivity contribution in [3.05, 3.63) is 0 Å². The van der Waals surface area contributed by atoms with Crippen LogP contribution in [0.2, 0.25) is 0 Å². The van der Waals surface area contributed by atoms with E-state index in [1.807, 2.05) is 13.8 Å². The van der Waals surface area contributed by atoms with E-state index >= 15 is 0 Å². The van der Waals surface area contributed by atoms with E-state index in [2.05, 4.69) is 6.92 Å². The van der Waals surface area contributed by atoms with Crippen LogP contribution in [-0.2, 0) is 38.1 Å². The van der Waals surface area contributed by atoms with Crippen molar-refractivity contribution in [1.82, 2.24) is 0 Å². The SMILES string of the molecule is CCC(C)(CC(C)(CC(C)(C)C(=O)OC12CC3(O)CC(O)(CC(O)(C3)C1)C2)C(=O)OC1CCCOC1=O)C(=O)OC1(CC)C2CC3CC(C2)CC1C3. The summed E-state index contributed by atoms with van der Waals surface area (Å²) in [5.41, 5.74) is -9.73. The Labute approximate surface area is 308 Å². The van der Waals surface area contributed by atoms with Gasteiger partial charge in [0.05, 0.1) is 39.7 Å². The first-order chi connectivity index (χ1) is 24.1. The monoisotopic (exact) mass is 730 g/mol. The first kappa shape index (κ1) is 38.1. The third-order valence-electron chi connectivity index (χ3n) is 14.9. The number of hydrogen-bond donors (Lipinski definition) is 3. The number of rotatable bonds is 12. The molecule has 0 spiro atoms. The Balaban J connectivity index is 1.14. The van der Waals surface area contributed by atoms with Gasteiger partial charge in [-0.15, -0.1) is 0 Å². The van der Waals surface area contributed by atoms with E-state index in [9.17, 15) is 34.5 Å². The molecule has 11 heteroatoms. The van der Waals surface area contributed by atoms with Crippen molar-refractivity contribution in [3.8, 4) is 0 Å². The van der Waals surface area contributed by atoms with Gasteiger partial charge in [0.25, 0.3) is 0 Å². The summed E-state index contributed by atoms with van der Waals surface area (Å²) >= 11 is 0. The van der Waals surface area contributed by atoms with Crippen molar-refractivity contribution in [2.75, 3.05) is 6.61 Å². The van der Waals surface area contributed by atoms with Crippen molar-refractivity contribution in [2.45, 2.75) is 185 Å². The van der Waals surface area contributed by atoms with Gasteiger partial charge in [0.15, 0.2) is 6.10 Å². The fraction of sp³-hybridized carbons (Fsp3) is 0.902. The van der Waals surface area contributed by atoms with Gasteiger partial charge >= 0.3 is 23.9 Å². The molecule has 8 saturated carbocycles. The van der Waals surface area contributed by atoms with Gasteiger partial charge < -0.3 is 34.3 Å². The zero-order valence-corrected chi connectivity index (χ0v) is 32.2. The molecule has 3 N–H and O–H groups in total. The van der Waals surface area contributed by atoms with Gasteiger partial charge in [-0.1, -0.05) is 13.8 Å². The summed E-state index contributed by atoms with van der Waals surface area (Å²) < 4.78 is 24.1. The fourth-order valence-corrected chi connectivity index (χ4v) is 13.4. The molecule has 292 valence electrons.